The molecule has 10 heteroatoms. The summed E-state index contributed by atoms with van der Waals surface area (Å²) in [5.74, 6) is 0.596. The topological polar surface area (TPSA) is 85.3 Å². The van der Waals surface area contributed by atoms with Gasteiger partial charge < -0.3 is 14.4 Å². The van der Waals surface area contributed by atoms with Crippen molar-refractivity contribution in [1.29, 1.82) is 0 Å². The normalized spacial score (nSPS) is 23.1. The Morgan fingerprint density at radius 3 is 2.55 bits per heavy atom. The highest BCUT2D eigenvalue weighted by molar-refractivity contribution is 8.16. The highest BCUT2D eigenvalue weighted by atomic mass is 35.5. The molecule has 0 unspecified atom stereocenters. The maximum atomic E-state index is 12.7. The summed E-state index contributed by atoms with van der Waals surface area (Å²) in [6.45, 7) is 0. The van der Waals surface area contributed by atoms with Crippen molar-refractivity contribution in [1.82, 2.24) is 0 Å². The standard InChI is InChI=1S/C21H21ClN2O5S2/c1-28-17-10-18(29-2)15(9-14(17)22)24-16-11-31(26,27)12-19(16)30-21(24)23-20(25)8-13-6-4-3-5-7-13/h3-7,9-10,16,19H,8,11-12H2,1-2H3/t16-,19-/m1/s1. The molecule has 0 bridgehead atoms. The third kappa shape index (κ3) is 4.53. The summed E-state index contributed by atoms with van der Waals surface area (Å²) in [6, 6.07) is 12.3. The van der Waals surface area contributed by atoms with Crippen molar-refractivity contribution < 1.29 is 22.7 Å². The molecule has 164 valence electrons. The number of aliphatic imine (C=N–C) groups is 1. The monoisotopic (exact) mass is 480 g/mol. The van der Waals surface area contributed by atoms with Crippen LogP contribution >= 0.6 is 23.4 Å². The number of sulfone groups is 1. The Hall–Kier alpha value is -2.23. The van der Waals surface area contributed by atoms with E-state index in [4.69, 9.17) is 21.1 Å². The molecule has 31 heavy (non-hydrogen) atoms. The molecule has 0 N–H and O–H groups in total. The van der Waals surface area contributed by atoms with Crippen molar-refractivity contribution in [2.75, 3.05) is 30.6 Å². The molecule has 2 aromatic carbocycles. The number of hydrogen-bond donors (Lipinski definition) is 0. The van der Waals surface area contributed by atoms with Gasteiger partial charge in [0.2, 0.25) is 0 Å². The summed E-state index contributed by atoms with van der Waals surface area (Å²) in [7, 11) is -0.180. The summed E-state index contributed by atoms with van der Waals surface area (Å²) in [4.78, 5) is 18.8. The number of fused-ring (bicyclic) bond motifs is 1. The first-order valence-corrected chi connectivity index (χ1v) is 12.6. The van der Waals surface area contributed by atoms with Gasteiger partial charge in [-0.25, -0.2) is 8.42 Å². The highest BCUT2D eigenvalue weighted by Crippen LogP contribution is 2.46. The van der Waals surface area contributed by atoms with E-state index in [-0.39, 0.29) is 35.1 Å². The number of rotatable bonds is 5. The van der Waals surface area contributed by atoms with E-state index in [1.54, 1.807) is 17.0 Å². The van der Waals surface area contributed by atoms with Crippen LogP contribution in [-0.2, 0) is 21.1 Å². The summed E-state index contributed by atoms with van der Waals surface area (Å²) < 4.78 is 35.4. The number of benzene rings is 2. The minimum absolute atomic E-state index is 0.0244. The largest absolute Gasteiger partial charge is 0.495 e. The predicted molar refractivity (Wildman–Crippen MR) is 123 cm³/mol. The predicted octanol–water partition coefficient (Wildman–Crippen LogP) is 3.20. The van der Waals surface area contributed by atoms with Crippen LogP contribution in [0.3, 0.4) is 0 Å². The smallest absolute Gasteiger partial charge is 0.252 e. The van der Waals surface area contributed by atoms with E-state index in [9.17, 15) is 13.2 Å². The molecule has 2 fully saturated rings. The van der Waals surface area contributed by atoms with Gasteiger partial charge in [0.05, 0.1) is 48.9 Å². The molecule has 0 saturated carbocycles. The van der Waals surface area contributed by atoms with Crippen LogP contribution in [0.5, 0.6) is 11.5 Å². The fraction of sp³-hybridized carbons (Fsp3) is 0.333. The lowest BCUT2D eigenvalue weighted by atomic mass is 10.1. The molecule has 4 rings (SSSR count). The number of halogens is 1. The zero-order valence-electron chi connectivity index (χ0n) is 16.9. The fourth-order valence-electron chi connectivity index (χ4n) is 3.80. The Morgan fingerprint density at radius 2 is 1.87 bits per heavy atom. The molecule has 1 amide bonds. The lowest BCUT2D eigenvalue weighted by Crippen LogP contribution is -2.38. The van der Waals surface area contributed by atoms with Crippen LogP contribution < -0.4 is 14.4 Å². The van der Waals surface area contributed by atoms with Gasteiger partial charge in [-0.1, -0.05) is 53.7 Å². The number of carbonyl (C=O) groups excluding carboxylic acids is 1. The average molecular weight is 481 g/mol. The Balaban J connectivity index is 1.74. The van der Waals surface area contributed by atoms with Gasteiger partial charge in [-0.3, -0.25) is 4.79 Å². The second kappa shape index (κ2) is 8.72. The van der Waals surface area contributed by atoms with Gasteiger partial charge in [-0.15, -0.1) is 0 Å². The lowest BCUT2D eigenvalue weighted by molar-refractivity contribution is -0.117. The minimum Gasteiger partial charge on any atom is -0.495 e. The van der Waals surface area contributed by atoms with Crippen LogP contribution in [0.15, 0.2) is 47.5 Å². The van der Waals surface area contributed by atoms with Gasteiger partial charge in [-0.2, -0.15) is 4.99 Å². The zero-order valence-corrected chi connectivity index (χ0v) is 19.3. The molecule has 0 aromatic heterocycles. The third-order valence-electron chi connectivity index (χ3n) is 5.20. The summed E-state index contributed by atoms with van der Waals surface area (Å²) in [5, 5.41) is 0.576. The van der Waals surface area contributed by atoms with Gasteiger partial charge in [-0.05, 0) is 11.6 Å². The van der Waals surface area contributed by atoms with E-state index in [2.05, 4.69) is 4.99 Å². The molecule has 0 radical (unpaired) electrons. The van der Waals surface area contributed by atoms with Crippen LogP contribution in [-0.4, -0.2) is 56.5 Å². The number of thioether (sulfide) groups is 1. The first kappa shape index (κ1) is 22.0. The van der Waals surface area contributed by atoms with Crippen molar-refractivity contribution >= 4 is 50.0 Å². The number of hydrogen-bond acceptors (Lipinski definition) is 6. The molecule has 2 aliphatic rings. The average Bonchev–Trinajstić information content (AvgIpc) is 3.19. The second-order valence-electron chi connectivity index (χ2n) is 7.28. The first-order chi connectivity index (χ1) is 14.8. The second-order valence-corrected chi connectivity index (χ2v) is 11.0. The zero-order chi connectivity index (χ0) is 22.2. The van der Waals surface area contributed by atoms with E-state index in [1.807, 2.05) is 30.3 Å². The molecule has 2 atom stereocenters. The Labute approximate surface area is 190 Å². The van der Waals surface area contributed by atoms with Gasteiger partial charge in [0, 0.05) is 11.3 Å². The molecule has 2 heterocycles. The third-order valence-corrected chi connectivity index (χ3v) is 8.70. The summed E-state index contributed by atoms with van der Waals surface area (Å²) >= 11 is 7.66. The maximum Gasteiger partial charge on any atom is 0.252 e. The molecule has 0 spiro atoms. The SMILES string of the molecule is COc1cc(OC)c(N2C(=NC(=O)Cc3ccccc3)S[C@@H]3CS(=O)(=O)C[C@H]32)cc1Cl. The van der Waals surface area contributed by atoms with E-state index in [0.717, 1.165) is 5.56 Å². The quantitative estimate of drug-likeness (QED) is 0.649. The van der Waals surface area contributed by atoms with Gasteiger partial charge in [0.1, 0.15) is 11.5 Å². The molecule has 2 aromatic rings. The maximum absolute atomic E-state index is 12.7. The number of amides is 1. The van der Waals surface area contributed by atoms with Gasteiger partial charge >= 0.3 is 0 Å². The van der Waals surface area contributed by atoms with Crippen molar-refractivity contribution in [2.24, 2.45) is 4.99 Å². The van der Waals surface area contributed by atoms with E-state index in [1.165, 1.54) is 26.0 Å². The molecule has 0 aliphatic carbocycles. The lowest BCUT2D eigenvalue weighted by Gasteiger charge is -2.26. The van der Waals surface area contributed by atoms with Gasteiger partial charge in [0.15, 0.2) is 15.0 Å². The Bertz CT molecular complexity index is 1140. The number of methoxy groups -OCH3 is 2. The van der Waals surface area contributed by atoms with Crippen LogP contribution in [0, 0.1) is 0 Å². The van der Waals surface area contributed by atoms with E-state index < -0.39 is 9.84 Å². The van der Waals surface area contributed by atoms with Crippen LogP contribution in [0.2, 0.25) is 5.02 Å². The van der Waals surface area contributed by atoms with Crippen LogP contribution in [0.4, 0.5) is 5.69 Å². The molecular formula is C21H21ClN2O5S2. The van der Waals surface area contributed by atoms with Crippen LogP contribution in [0.25, 0.3) is 0 Å². The fourth-order valence-corrected chi connectivity index (χ4v) is 7.95. The van der Waals surface area contributed by atoms with E-state index in [0.29, 0.717) is 27.4 Å². The number of carbonyl (C=O) groups is 1. The van der Waals surface area contributed by atoms with Crippen molar-refractivity contribution in [3.05, 3.63) is 53.1 Å². The molecule has 2 saturated heterocycles. The number of amidine groups is 1. The number of anilines is 1. The van der Waals surface area contributed by atoms with E-state index >= 15 is 0 Å². The first-order valence-electron chi connectivity index (χ1n) is 9.54. The van der Waals surface area contributed by atoms with Crippen LogP contribution in [0.1, 0.15) is 5.56 Å². The Kier molecular flexibility index (Phi) is 6.18. The van der Waals surface area contributed by atoms with Crippen molar-refractivity contribution in [3.8, 4) is 11.5 Å². The van der Waals surface area contributed by atoms with Crippen molar-refractivity contribution in [2.45, 2.75) is 17.7 Å². The Morgan fingerprint density at radius 1 is 1.16 bits per heavy atom. The molecular weight excluding hydrogens is 460 g/mol. The van der Waals surface area contributed by atoms with Gasteiger partial charge in [0.25, 0.3) is 5.91 Å². The number of nitrogens with zero attached hydrogens (tertiary/aromatic N) is 2. The molecule has 7 nitrogen and oxygen atoms in total. The minimum atomic E-state index is -3.19. The number of ether oxygens (including phenoxy) is 2. The highest BCUT2D eigenvalue weighted by Gasteiger charge is 2.50. The summed E-state index contributed by atoms with van der Waals surface area (Å²) in [6.07, 6.45) is 0.160. The summed E-state index contributed by atoms with van der Waals surface area (Å²) in [5.41, 5.74) is 1.41. The van der Waals surface area contributed by atoms with Crippen molar-refractivity contribution in [3.63, 3.8) is 0 Å². The molecule has 2 aliphatic heterocycles.